The molecule has 0 unspecified atom stereocenters. The summed E-state index contributed by atoms with van der Waals surface area (Å²) in [5.41, 5.74) is 1.39. The first-order chi connectivity index (χ1) is 13.0. The third kappa shape index (κ3) is 5.18. The maximum Gasteiger partial charge on any atom is 0.262 e. The quantitative estimate of drug-likeness (QED) is 0.598. The maximum atomic E-state index is 12.1. The van der Waals surface area contributed by atoms with Crippen molar-refractivity contribution < 1.29 is 14.3 Å². The van der Waals surface area contributed by atoms with E-state index in [0.717, 1.165) is 16.6 Å². The minimum atomic E-state index is -0.296. The van der Waals surface area contributed by atoms with Gasteiger partial charge in [0.25, 0.3) is 5.91 Å². The zero-order valence-corrected chi connectivity index (χ0v) is 16.2. The van der Waals surface area contributed by atoms with Crippen molar-refractivity contribution in [2.45, 2.75) is 19.8 Å². The number of halogens is 1. The Morgan fingerprint density at radius 3 is 2.74 bits per heavy atom. The average Bonchev–Trinajstić information content (AvgIpc) is 3.02. The summed E-state index contributed by atoms with van der Waals surface area (Å²) in [6, 6.07) is 12.3. The van der Waals surface area contributed by atoms with Crippen molar-refractivity contribution in [2.75, 3.05) is 17.2 Å². The number of nitrogens with one attached hydrogen (secondary N) is 2. The molecule has 1 aromatic heterocycles. The highest BCUT2D eigenvalue weighted by molar-refractivity contribution is 7.22. The molecule has 2 aromatic carbocycles. The molecular formula is C19H18ClN3O3S. The monoisotopic (exact) mass is 403 g/mol. The number of anilines is 2. The molecule has 0 radical (unpaired) electrons. The van der Waals surface area contributed by atoms with Crippen LogP contribution in [0.25, 0.3) is 10.2 Å². The summed E-state index contributed by atoms with van der Waals surface area (Å²) in [5, 5.41) is 6.57. The second-order valence-corrected chi connectivity index (χ2v) is 7.20. The number of hydrogen-bond acceptors (Lipinski definition) is 5. The van der Waals surface area contributed by atoms with Gasteiger partial charge in [-0.25, -0.2) is 4.98 Å². The van der Waals surface area contributed by atoms with Crippen LogP contribution in [0.4, 0.5) is 10.8 Å². The minimum Gasteiger partial charge on any atom is -0.482 e. The molecule has 0 atom stereocenters. The Kier molecular flexibility index (Phi) is 6.26. The van der Waals surface area contributed by atoms with E-state index < -0.39 is 0 Å². The summed E-state index contributed by atoms with van der Waals surface area (Å²) >= 11 is 7.36. The van der Waals surface area contributed by atoms with Crippen LogP contribution in [-0.4, -0.2) is 23.4 Å². The SMILES string of the molecule is CCCC(=O)Nc1nc2ccc(NC(=O)COc3ccccc3Cl)cc2s1. The van der Waals surface area contributed by atoms with E-state index in [9.17, 15) is 9.59 Å². The van der Waals surface area contributed by atoms with Gasteiger partial charge < -0.3 is 15.4 Å². The number of carbonyl (C=O) groups excluding carboxylic acids is 2. The van der Waals surface area contributed by atoms with Crippen LogP contribution in [0.2, 0.25) is 5.02 Å². The van der Waals surface area contributed by atoms with E-state index in [1.165, 1.54) is 11.3 Å². The summed E-state index contributed by atoms with van der Waals surface area (Å²) in [4.78, 5) is 28.2. The Labute approximate surface area is 165 Å². The van der Waals surface area contributed by atoms with Crippen molar-refractivity contribution in [3.63, 3.8) is 0 Å². The summed E-state index contributed by atoms with van der Waals surface area (Å²) in [5.74, 6) is 0.108. The number of rotatable bonds is 7. The third-order valence-electron chi connectivity index (χ3n) is 3.59. The largest absolute Gasteiger partial charge is 0.482 e. The van der Waals surface area contributed by atoms with Gasteiger partial charge in [-0.05, 0) is 36.8 Å². The standard InChI is InChI=1S/C19H18ClN3O3S/c1-2-5-17(24)23-19-22-14-9-8-12(10-16(14)27-19)21-18(25)11-26-15-7-4-3-6-13(15)20/h3-4,6-10H,2,5,11H2,1H3,(H,21,25)(H,22,23,24). The highest BCUT2D eigenvalue weighted by atomic mass is 35.5. The molecule has 0 aliphatic carbocycles. The fraction of sp³-hybridized carbons (Fsp3) is 0.211. The summed E-state index contributed by atoms with van der Waals surface area (Å²) < 4.78 is 6.30. The molecule has 0 aliphatic rings. The van der Waals surface area contributed by atoms with Crippen LogP contribution in [0.3, 0.4) is 0 Å². The van der Waals surface area contributed by atoms with Crippen molar-refractivity contribution in [1.29, 1.82) is 0 Å². The van der Waals surface area contributed by atoms with Crippen molar-refractivity contribution in [3.8, 4) is 5.75 Å². The van der Waals surface area contributed by atoms with Crippen molar-refractivity contribution in [1.82, 2.24) is 4.98 Å². The first kappa shape index (κ1) is 19.1. The van der Waals surface area contributed by atoms with Crippen molar-refractivity contribution in [2.24, 2.45) is 0 Å². The van der Waals surface area contributed by atoms with Gasteiger partial charge in [-0.15, -0.1) is 0 Å². The number of ether oxygens (including phenoxy) is 1. The molecule has 1 heterocycles. The van der Waals surface area contributed by atoms with E-state index in [4.69, 9.17) is 16.3 Å². The Bertz CT molecular complexity index is 974. The number of benzene rings is 2. The van der Waals surface area contributed by atoms with Crippen LogP contribution in [0, 0.1) is 0 Å². The zero-order chi connectivity index (χ0) is 19.2. The molecular weight excluding hydrogens is 386 g/mol. The molecule has 140 valence electrons. The van der Waals surface area contributed by atoms with Gasteiger partial charge in [0.2, 0.25) is 5.91 Å². The van der Waals surface area contributed by atoms with Gasteiger partial charge in [0.05, 0.1) is 15.2 Å². The maximum absolute atomic E-state index is 12.1. The first-order valence-electron chi connectivity index (χ1n) is 8.43. The van der Waals surface area contributed by atoms with Gasteiger partial charge in [-0.2, -0.15) is 0 Å². The molecule has 6 nitrogen and oxygen atoms in total. The lowest BCUT2D eigenvalue weighted by Crippen LogP contribution is -2.20. The number of hydrogen-bond donors (Lipinski definition) is 2. The molecule has 27 heavy (non-hydrogen) atoms. The first-order valence-corrected chi connectivity index (χ1v) is 9.62. The van der Waals surface area contributed by atoms with Crippen LogP contribution in [0.1, 0.15) is 19.8 Å². The fourth-order valence-electron chi connectivity index (χ4n) is 2.37. The third-order valence-corrected chi connectivity index (χ3v) is 4.84. The van der Waals surface area contributed by atoms with E-state index in [1.54, 1.807) is 36.4 Å². The number of carbonyl (C=O) groups is 2. The van der Waals surface area contributed by atoms with Gasteiger partial charge in [-0.3, -0.25) is 9.59 Å². The molecule has 2 N–H and O–H groups in total. The molecule has 0 aliphatic heterocycles. The predicted octanol–water partition coefficient (Wildman–Crippen LogP) is 4.71. The Hall–Kier alpha value is -2.64. The molecule has 3 rings (SSSR count). The molecule has 3 aromatic rings. The molecule has 0 saturated heterocycles. The molecule has 0 spiro atoms. The molecule has 2 amide bonds. The fourth-order valence-corrected chi connectivity index (χ4v) is 3.48. The van der Waals surface area contributed by atoms with Gasteiger partial charge in [0.15, 0.2) is 11.7 Å². The van der Waals surface area contributed by atoms with Crippen LogP contribution >= 0.6 is 22.9 Å². The molecule has 8 heteroatoms. The summed E-state index contributed by atoms with van der Waals surface area (Å²) in [7, 11) is 0. The smallest absolute Gasteiger partial charge is 0.262 e. The van der Waals surface area contributed by atoms with Crippen LogP contribution in [0.5, 0.6) is 5.75 Å². The Morgan fingerprint density at radius 2 is 1.96 bits per heavy atom. The van der Waals surface area contributed by atoms with E-state index in [0.29, 0.717) is 28.0 Å². The normalized spacial score (nSPS) is 10.6. The minimum absolute atomic E-state index is 0.0539. The number of para-hydroxylation sites is 1. The van der Waals surface area contributed by atoms with Crippen molar-refractivity contribution >= 4 is 55.8 Å². The molecule has 0 fully saturated rings. The summed E-state index contributed by atoms with van der Waals surface area (Å²) in [6.45, 7) is 1.80. The van der Waals surface area contributed by atoms with E-state index in [2.05, 4.69) is 15.6 Å². The Balaban J connectivity index is 1.62. The lowest BCUT2D eigenvalue weighted by molar-refractivity contribution is -0.118. The molecule has 0 saturated carbocycles. The van der Waals surface area contributed by atoms with Gasteiger partial charge in [0.1, 0.15) is 5.75 Å². The molecule has 0 bridgehead atoms. The predicted molar refractivity (Wildman–Crippen MR) is 109 cm³/mol. The van der Waals surface area contributed by atoms with Gasteiger partial charge in [0, 0.05) is 12.1 Å². The Morgan fingerprint density at radius 1 is 1.15 bits per heavy atom. The number of amides is 2. The lowest BCUT2D eigenvalue weighted by Gasteiger charge is -2.08. The van der Waals surface area contributed by atoms with E-state index >= 15 is 0 Å². The van der Waals surface area contributed by atoms with Crippen LogP contribution in [-0.2, 0) is 9.59 Å². The van der Waals surface area contributed by atoms with Gasteiger partial charge in [-0.1, -0.05) is 42.0 Å². The summed E-state index contributed by atoms with van der Waals surface area (Å²) in [6.07, 6.45) is 1.24. The highest BCUT2D eigenvalue weighted by Crippen LogP contribution is 2.28. The second kappa shape index (κ2) is 8.83. The number of nitrogens with zero attached hydrogens (tertiary/aromatic N) is 1. The topological polar surface area (TPSA) is 80.3 Å². The van der Waals surface area contributed by atoms with Crippen LogP contribution < -0.4 is 15.4 Å². The van der Waals surface area contributed by atoms with Crippen molar-refractivity contribution in [3.05, 3.63) is 47.5 Å². The van der Waals surface area contributed by atoms with E-state index in [1.807, 2.05) is 13.0 Å². The number of fused-ring (bicyclic) bond motifs is 1. The van der Waals surface area contributed by atoms with Gasteiger partial charge >= 0.3 is 0 Å². The number of aromatic nitrogens is 1. The van der Waals surface area contributed by atoms with Crippen LogP contribution in [0.15, 0.2) is 42.5 Å². The zero-order valence-electron chi connectivity index (χ0n) is 14.6. The average molecular weight is 404 g/mol. The lowest BCUT2D eigenvalue weighted by atomic mass is 10.3. The second-order valence-electron chi connectivity index (χ2n) is 5.77. The highest BCUT2D eigenvalue weighted by Gasteiger charge is 2.10. The number of thiazole rings is 1. The van der Waals surface area contributed by atoms with E-state index in [-0.39, 0.29) is 18.4 Å².